The van der Waals surface area contributed by atoms with Gasteiger partial charge in [0.1, 0.15) is 0 Å². The van der Waals surface area contributed by atoms with Gasteiger partial charge in [-0.2, -0.15) is 0 Å². The van der Waals surface area contributed by atoms with Crippen LogP contribution in [0.15, 0.2) is 18.2 Å². The molecule has 1 aromatic rings. The zero-order valence-electron chi connectivity index (χ0n) is 11.9. The minimum atomic E-state index is 0.601. The Labute approximate surface area is 106 Å². The Morgan fingerprint density at radius 3 is 2.41 bits per heavy atom. The quantitative estimate of drug-likeness (QED) is 0.798. The van der Waals surface area contributed by atoms with Crippen molar-refractivity contribution in [1.29, 1.82) is 0 Å². The first-order valence-corrected chi connectivity index (χ1v) is 6.63. The Bertz CT molecular complexity index is 345. The van der Waals surface area contributed by atoms with E-state index < -0.39 is 0 Å². The lowest BCUT2D eigenvalue weighted by molar-refractivity contribution is 0.622. The fourth-order valence-corrected chi connectivity index (χ4v) is 2.03. The van der Waals surface area contributed by atoms with Crippen LogP contribution in [-0.2, 0) is 0 Å². The second kappa shape index (κ2) is 6.53. The molecule has 0 aliphatic heterocycles. The number of aryl methyl sites for hydroxylation is 1. The highest BCUT2D eigenvalue weighted by Gasteiger charge is 2.07. The lowest BCUT2D eigenvalue weighted by Gasteiger charge is -2.21. The zero-order valence-corrected chi connectivity index (χ0v) is 11.9. The normalized spacial score (nSPS) is 12.3. The van der Waals surface area contributed by atoms with Gasteiger partial charge in [-0.1, -0.05) is 20.3 Å². The van der Waals surface area contributed by atoms with E-state index in [-0.39, 0.29) is 0 Å². The van der Waals surface area contributed by atoms with Crippen LogP contribution in [0.5, 0.6) is 0 Å². The van der Waals surface area contributed by atoms with Crippen molar-refractivity contribution in [3.8, 4) is 0 Å². The van der Waals surface area contributed by atoms with Gasteiger partial charge in [0, 0.05) is 31.5 Å². The van der Waals surface area contributed by atoms with Crippen LogP contribution in [0.1, 0.15) is 38.7 Å². The summed E-state index contributed by atoms with van der Waals surface area (Å²) in [5, 5.41) is 3.65. The molecule has 0 radical (unpaired) electrons. The minimum absolute atomic E-state index is 0.601. The van der Waals surface area contributed by atoms with Crippen molar-refractivity contribution in [3.63, 3.8) is 0 Å². The molecule has 1 atom stereocenters. The van der Waals surface area contributed by atoms with Gasteiger partial charge in [0.05, 0.1) is 0 Å². The number of hydrogen-bond acceptors (Lipinski definition) is 2. The van der Waals surface area contributed by atoms with E-state index in [1.54, 1.807) is 0 Å². The van der Waals surface area contributed by atoms with E-state index in [1.165, 1.54) is 36.2 Å². The molecule has 0 amide bonds. The Balaban J connectivity index is 2.77. The maximum atomic E-state index is 3.65. The summed E-state index contributed by atoms with van der Waals surface area (Å²) in [5.41, 5.74) is 3.86. The van der Waals surface area contributed by atoms with Gasteiger partial charge < -0.3 is 10.2 Å². The van der Waals surface area contributed by atoms with Crippen LogP contribution < -0.4 is 10.2 Å². The summed E-state index contributed by atoms with van der Waals surface area (Å²) in [7, 11) is 4.15. The van der Waals surface area contributed by atoms with Crippen molar-refractivity contribution in [3.05, 3.63) is 23.8 Å². The number of nitrogens with one attached hydrogen (secondary N) is 1. The summed E-state index contributed by atoms with van der Waals surface area (Å²) < 4.78 is 0. The summed E-state index contributed by atoms with van der Waals surface area (Å²) >= 11 is 0. The highest BCUT2D eigenvalue weighted by atomic mass is 15.1. The van der Waals surface area contributed by atoms with Crippen molar-refractivity contribution in [2.24, 2.45) is 0 Å². The molecule has 17 heavy (non-hydrogen) atoms. The Kier molecular flexibility index (Phi) is 5.33. The maximum Gasteiger partial charge on any atom is 0.0373 e. The van der Waals surface area contributed by atoms with Gasteiger partial charge in [0.2, 0.25) is 0 Å². The molecule has 0 aromatic heterocycles. The molecule has 0 aliphatic carbocycles. The van der Waals surface area contributed by atoms with E-state index in [9.17, 15) is 0 Å². The van der Waals surface area contributed by atoms with Crippen molar-refractivity contribution >= 4 is 11.4 Å². The molecule has 0 fully saturated rings. The largest absolute Gasteiger partial charge is 0.382 e. The van der Waals surface area contributed by atoms with Crippen LogP contribution in [0.3, 0.4) is 0 Å². The molecule has 1 unspecified atom stereocenters. The topological polar surface area (TPSA) is 15.3 Å². The zero-order chi connectivity index (χ0) is 12.8. The van der Waals surface area contributed by atoms with Gasteiger partial charge in [0.25, 0.3) is 0 Å². The summed E-state index contributed by atoms with van der Waals surface area (Å²) in [5.74, 6) is 0. The van der Waals surface area contributed by atoms with Gasteiger partial charge in [-0.3, -0.25) is 0 Å². The molecular weight excluding hydrogens is 208 g/mol. The highest BCUT2D eigenvalue weighted by Crippen LogP contribution is 2.23. The molecule has 0 bridgehead atoms. The number of hydrogen-bond donors (Lipinski definition) is 1. The first kappa shape index (κ1) is 13.9. The van der Waals surface area contributed by atoms with Crippen molar-refractivity contribution in [2.45, 2.75) is 46.1 Å². The van der Waals surface area contributed by atoms with Crippen molar-refractivity contribution < 1.29 is 0 Å². The van der Waals surface area contributed by atoms with Gasteiger partial charge in [-0.15, -0.1) is 0 Å². The predicted molar refractivity (Wildman–Crippen MR) is 78.1 cm³/mol. The van der Waals surface area contributed by atoms with E-state index in [1.807, 2.05) is 0 Å². The molecule has 2 heteroatoms. The Hall–Kier alpha value is -1.18. The van der Waals surface area contributed by atoms with E-state index >= 15 is 0 Å². The Morgan fingerprint density at radius 2 is 1.94 bits per heavy atom. The molecule has 1 N–H and O–H groups in total. The standard InChI is InChI=1S/C15H26N2/c1-6-8-13(7-2)16-15-10-9-14(17(4)5)11-12(15)3/h9-11,13,16H,6-8H2,1-5H3. The second-order valence-electron chi connectivity index (χ2n) is 4.93. The third-order valence-electron chi connectivity index (χ3n) is 3.22. The van der Waals surface area contributed by atoms with Crippen LogP contribution >= 0.6 is 0 Å². The third-order valence-corrected chi connectivity index (χ3v) is 3.22. The first-order chi connectivity index (χ1) is 8.08. The summed E-state index contributed by atoms with van der Waals surface area (Å²) in [6.07, 6.45) is 3.66. The minimum Gasteiger partial charge on any atom is -0.382 e. The third kappa shape index (κ3) is 3.95. The molecule has 1 aromatic carbocycles. The molecule has 0 aliphatic rings. The van der Waals surface area contributed by atoms with E-state index in [2.05, 4.69) is 63.3 Å². The number of benzene rings is 1. The number of rotatable bonds is 6. The fourth-order valence-electron chi connectivity index (χ4n) is 2.03. The second-order valence-corrected chi connectivity index (χ2v) is 4.93. The van der Waals surface area contributed by atoms with Gasteiger partial charge in [0.15, 0.2) is 0 Å². The fraction of sp³-hybridized carbons (Fsp3) is 0.600. The lowest BCUT2D eigenvalue weighted by atomic mass is 10.1. The van der Waals surface area contributed by atoms with Crippen LogP contribution in [0, 0.1) is 6.92 Å². The maximum absolute atomic E-state index is 3.65. The average Bonchev–Trinajstić information content (AvgIpc) is 2.30. The molecule has 0 spiro atoms. The van der Waals surface area contributed by atoms with E-state index in [0.717, 1.165) is 0 Å². The monoisotopic (exact) mass is 234 g/mol. The summed E-state index contributed by atoms with van der Waals surface area (Å²) in [6, 6.07) is 7.21. The lowest BCUT2D eigenvalue weighted by Crippen LogP contribution is -2.18. The molecular formula is C15H26N2. The SMILES string of the molecule is CCCC(CC)Nc1ccc(N(C)C)cc1C. The van der Waals surface area contributed by atoms with Gasteiger partial charge >= 0.3 is 0 Å². The van der Waals surface area contributed by atoms with Gasteiger partial charge in [-0.05, 0) is 43.5 Å². The van der Waals surface area contributed by atoms with Crippen LogP contribution in [0.4, 0.5) is 11.4 Å². The van der Waals surface area contributed by atoms with Crippen LogP contribution in [0.25, 0.3) is 0 Å². The van der Waals surface area contributed by atoms with E-state index in [0.29, 0.717) is 6.04 Å². The smallest absolute Gasteiger partial charge is 0.0373 e. The van der Waals surface area contributed by atoms with Gasteiger partial charge in [-0.25, -0.2) is 0 Å². The summed E-state index contributed by atoms with van der Waals surface area (Å²) in [6.45, 7) is 6.66. The predicted octanol–water partition coefficient (Wildman–Crippen LogP) is 4.05. The van der Waals surface area contributed by atoms with E-state index in [4.69, 9.17) is 0 Å². The first-order valence-electron chi connectivity index (χ1n) is 6.63. The highest BCUT2D eigenvalue weighted by molar-refractivity contribution is 5.60. The summed E-state index contributed by atoms with van der Waals surface area (Å²) in [4.78, 5) is 2.14. The molecule has 96 valence electrons. The number of anilines is 2. The molecule has 0 saturated heterocycles. The molecule has 2 nitrogen and oxygen atoms in total. The van der Waals surface area contributed by atoms with Crippen LogP contribution in [0.2, 0.25) is 0 Å². The van der Waals surface area contributed by atoms with Crippen molar-refractivity contribution in [1.82, 2.24) is 0 Å². The molecule has 1 rings (SSSR count). The molecule has 0 saturated carbocycles. The molecule has 0 heterocycles. The average molecular weight is 234 g/mol. The van der Waals surface area contributed by atoms with Crippen LogP contribution in [-0.4, -0.2) is 20.1 Å². The Morgan fingerprint density at radius 1 is 1.24 bits per heavy atom. The number of nitrogens with zero attached hydrogens (tertiary/aromatic N) is 1. The van der Waals surface area contributed by atoms with Crippen molar-refractivity contribution in [2.75, 3.05) is 24.3 Å².